The van der Waals surface area contributed by atoms with E-state index in [9.17, 15) is 17.2 Å². The van der Waals surface area contributed by atoms with E-state index >= 15 is 0 Å². The molecule has 0 bridgehead atoms. The fourth-order valence-corrected chi connectivity index (χ4v) is 2.01. The molecule has 0 amide bonds. The molecule has 1 aromatic heterocycles. The molecule has 0 aliphatic rings. The lowest BCUT2D eigenvalue weighted by Gasteiger charge is -2.14. The first kappa shape index (κ1) is 14.7. The van der Waals surface area contributed by atoms with E-state index in [-0.39, 0.29) is 10.8 Å². The van der Waals surface area contributed by atoms with Crippen LogP contribution in [0.1, 0.15) is 0 Å². The molecule has 0 fully saturated rings. The molecule has 0 unspecified atom stereocenters. The van der Waals surface area contributed by atoms with Gasteiger partial charge in [0.05, 0.1) is 26.4 Å². The molecular weight excluding hydrogens is 268 g/mol. The van der Waals surface area contributed by atoms with Crippen LogP contribution in [0.5, 0.6) is 5.88 Å². The van der Waals surface area contributed by atoms with Crippen LogP contribution >= 0.6 is 0 Å². The number of halogens is 2. The summed E-state index contributed by atoms with van der Waals surface area (Å²) in [7, 11) is -2.66. The number of hydrogen-bond donors (Lipinski definition) is 2. The predicted octanol–water partition coefficient (Wildman–Crippen LogP) is -0.0375. The number of sulfonamides is 1. The lowest BCUT2D eigenvalue weighted by molar-refractivity contribution is 0.0170. The third-order valence-corrected chi connectivity index (χ3v) is 3.43. The number of alkyl halides is 2. The van der Waals surface area contributed by atoms with Crippen molar-refractivity contribution in [2.24, 2.45) is 5.73 Å². The van der Waals surface area contributed by atoms with Crippen LogP contribution in [0.4, 0.5) is 8.78 Å². The Bertz CT molecular complexity index is 490. The van der Waals surface area contributed by atoms with Gasteiger partial charge in [0.25, 0.3) is 5.92 Å². The van der Waals surface area contributed by atoms with E-state index in [0.29, 0.717) is 0 Å². The summed E-state index contributed by atoms with van der Waals surface area (Å²) in [6.07, 6.45) is 1.02. The summed E-state index contributed by atoms with van der Waals surface area (Å²) in [5, 5.41) is 0. The Morgan fingerprint density at radius 1 is 1.50 bits per heavy atom. The number of nitrogens with two attached hydrogens (primary N) is 1. The van der Waals surface area contributed by atoms with Crippen LogP contribution in [0.25, 0.3) is 0 Å². The molecule has 1 aromatic rings. The fraction of sp³-hybridized carbons (Fsp3) is 0.444. The SMILES string of the molecule is COc1ccc(S(=O)(=O)NCC(F)(F)CN)cn1. The van der Waals surface area contributed by atoms with Gasteiger partial charge in [0.2, 0.25) is 15.9 Å². The number of nitrogens with zero attached hydrogens (tertiary/aromatic N) is 1. The Labute approximate surface area is 103 Å². The molecule has 1 heterocycles. The third kappa shape index (κ3) is 3.86. The van der Waals surface area contributed by atoms with Crippen LogP contribution in [0.2, 0.25) is 0 Å². The molecule has 6 nitrogen and oxygen atoms in total. The first-order valence-corrected chi connectivity index (χ1v) is 6.37. The number of aromatic nitrogens is 1. The van der Waals surface area contributed by atoms with Gasteiger partial charge in [-0.1, -0.05) is 0 Å². The Hall–Kier alpha value is -1.32. The second kappa shape index (κ2) is 5.55. The van der Waals surface area contributed by atoms with Crippen molar-refractivity contribution in [2.75, 3.05) is 20.2 Å². The normalized spacial score (nSPS) is 12.4. The van der Waals surface area contributed by atoms with Crippen molar-refractivity contribution in [3.8, 4) is 5.88 Å². The van der Waals surface area contributed by atoms with Gasteiger partial charge in [-0.3, -0.25) is 0 Å². The molecule has 0 aliphatic carbocycles. The van der Waals surface area contributed by atoms with Gasteiger partial charge in [-0.25, -0.2) is 26.9 Å². The van der Waals surface area contributed by atoms with Crippen LogP contribution in [0, 0.1) is 0 Å². The summed E-state index contributed by atoms with van der Waals surface area (Å²) in [6, 6.07) is 2.52. The largest absolute Gasteiger partial charge is 0.481 e. The summed E-state index contributed by atoms with van der Waals surface area (Å²) >= 11 is 0. The van der Waals surface area contributed by atoms with Crippen molar-refractivity contribution in [1.29, 1.82) is 0 Å². The van der Waals surface area contributed by atoms with E-state index in [0.717, 1.165) is 6.20 Å². The van der Waals surface area contributed by atoms with Crippen molar-refractivity contribution < 1.29 is 21.9 Å². The number of ether oxygens (including phenoxy) is 1. The molecule has 0 atom stereocenters. The predicted molar refractivity (Wildman–Crippen MR) is 60.0 cm³/mol. The average molecular weight is 281 g/mol. The van der Waals surface area contributed by atoms with E-state index in [4.69, 9.17) is 10.5 Å². The van der Waals surface area contributed by atoms with Crippen molar-refractivity contribution in [3.63, 3.8) is 0 Å². The van der Waals surface area contributed by atoms with Gasteiger partial charge in [0.15, 0.2) is 0 Å². The molecule has 0 spiro atoms. The maximum atomic E-state index is 12.8. The summed E-state index contributed by atoms with van der Waals surface area (Å²) in [4.78, 5) is 3.45. The highest BCUT2D eigenvalue weighted by Crippen LogP contribution is 2.14. The van der Waals surface area contributed by atoms with Crippen molar-refractivity contribution in [3.05, 3.63) is 18.3 Å². The van der Waals surface area contributed by atoms with Gasteiger partial charge < -0.3 is 10.5 Å². The first-order chi connectivity index (χ1) is 8.30. The van der Waals surface area contributed by atoms with Crippen LogP contribution < -0.4 is 15.2 Å². The maximum Gasteiger partial charge on any atom is 0.273 e. The zero-order valence-corrected chi connectivity index (χ0v) is 10.4. The number of nitrogens with one attached hydrogen (secondary N) is 1. The topological polar surface area (TPSA) is 94.3 Å². The van der Waals surface area contributed by atoms with Crippen molar-refractivity contribution in [2.45, 2.75) is 10.8 Å². The molecule has 0 aromatic carbocycles. The second-order valence-electron chi connectivity index (χ2n) is 3.42. The van der Waals surface area contributed by atoms with Crippen LogP contribution in [-0.2, 0) is 10.0 Å². The Kier molecular flexibility index (Phi) is 4.54. The summed E-state index contributed by atoms with van der Waals surface area (Å²) in [5.74, 6) is -3.06. The molecule has 0 saturated heterocycles. The summed E-state index contributed by atoms with van der Waals surface area (Å²) in [6.45, 7) is -1.99. The maximum absolute atomic E-state index is 12.8. The summed E-state index contributed by atoms with van der Waals surface area (Å²) in [5.41, 5.74) is 4.80. The van der Waals surface area contributed by atoms with Crippen LogP contribution in [-0.4, -0.2) is 39.5 Å². The number of rotatable bonds is 6. The van der Waals surface area contributed by atoms with Crippen molar-refractivity contribution in [1.82, 2.24) is 9.71 Å². The molecule has 1 rings (SSSR count). The standard InChI is InChI=1S/C9H13F2N3O3S/c1-17-8-3-2-7(4-13-8)18(15,16)14-6-9(10,11)5-12/h2-4,14H,5-6,12H2,1H3. The minimum absolute atomic E-state index is 0.223. The molecule has 9 heteroatoms. The van der Waals surface area contributed by atoms with E-state index in [2.05, 4.69) is 4.98 Å². The Balaban J connectivity index is 2.80. The molecule has 3 N–H and O–H groups in total. The molecule has 102 valence electrons. The molecular formula is C9H13F2N3O3S. The quantitative estimate of drug-likeness (QED) is 0.763. The first-order valence-electron chi connectivity index (χ1n) is 4.88. The highest BCUT2D eigenvalue weighted by molar-refractivity contribution is 7.89. The second-order valence-corrected chi connectivity index (χ2v) is 5.19. The summed E-state index contributed by atoms with van der Waals surface area (Å²) < 4.78 is 55.4. The van der Waals surface area contributed by atoms with Gasteiger partial charge in [0.1, 0.15) is 4.90 Å². The monoisotopic (exact) mass is 281 g/mol. The molecule has 0 saturated carbocycles. The Morgan fingerprint density at radius 3 is 2.61 bits per heavy atom. The van der Waals surface area contributed by atoms with Gasteiger partial charge in [0, 0.05) is 6.07 Å². The number of hydrogen-bond acceptors (Lipinski definition) is 5. The molecule has 18 heavy (non-hydrogen) atoms. The minimum Gasteiger partial charge on any atom is -0.481 e. The zero-order valence-electron chi connectivity index (χ0n) is 9.56. The molecule has 0 radical (unpaired) electrons. The minimum atomic E-state index is -4.03. The smallest absolute Gasteiger partial charge is 0.273 e. The third-order valence-electron chi connectivity index (χ3n) is 2.05. The Morgan fingerprint density at radius 2 is 2.17 bits per heavy atom. The van der Waals surface area contributed by atoms with E-state index in [1.807, 2.05) is 0 Å². The lowest BCUT2D eigenvalue weighted by atomic mass is 10.3. The van der Waals surface area contributed by atoms with Crippen molar-refractivity contribution >= 4 is 10.0 Å². The number of methoxy groups -OCH3 is 1. The van der Waals surface area contributed by atoms with E-state index in [1.165, 1.54) is 19.2 Å². The van der Waals surface area contributed by atoms with Crippen LogP contribution in [0.15, 0.2) is 23.2 Å². The van der Waals surface area contributed by atoms with E-state index in [1.54, 1.807) is 4.72 Å². The van der Waals surface area contributed by atoms with Gasteiger partial charge in [-0.2, -0.15) is 0 Å². The van der Waals surface area contributed by atoms with Gasteiger partial charge in [-0.15, -0.1) is 0 Å². The molecule has 0 aliphatic heterocycles. The van der Waals surface area contributed by atoms with Crippen LogP contribution in [0.3, 0.4) is 0 Å². The zero-order chi connectivity index (χ0) is 13.8. The fourth-order valence-electron chi connectivity index (χ4n) is 1.00. The average Bonchev–Trinajstić information content (AvgIpc) is 2.37. The van der Waals surface area contributed by atoms with Gasteiger partial charge >= 0.3 is 0 Å². The number of pyridine rings is 1. The van der Waals surface area contributed by atoms with E-state index < -0.39 is 29.0 Å². The highest BCUT2D eigenvalue weighted by atomic mass is 32.2. The lowest BCUT2D eigenvalue weighted by Crippen LogP contribution is -2.41. The van der Waals surface area contributed by atoms with Gasteiger partial charge in [-0.05, 0) is 6.07 Å². The highest BCUT2D eigenvalue weighted by Gasteiger charge is 2.29.